The van der Waals surface area contributed by atoms with Crippen LogP contribution in [0.15, 0.2) is 18.2 Å². The van der Waals surface area contributed by atoms with Gasteiger partial charge in [-0.1, -0.05) is 35.0 Å². The molecule has 2 rings (SSSR count). The maximum Gasteiger partial charge on any atom is 0.126 e. The zero-order valence-electron chi connectivity index (χ0n) is 11.3. The summed E-state index contributed by atoms with van der Waals surface area (Å²) in [7, 11) is 0. The molecule has 1 aliphatic rings. The SMILES string of the molecule is Cc1cc(C(Br)C2C(C)OC(C)C2C)ccc1F. The molecular formula is C15H20BrFO. The first kappa shape index (κ1) is 14.0. The van der Waals surface area contributed by atoms with E-state index in [2.05, 4.69) is 36.7 Å². The summed E-state index contributed by atoms with van der Waals surface area (Å²) in [6.45, 7) is 8.27. The Bertz CT molecular complexity index is 435. The van der Waals surface area contributed by atoms with Crippen LogP contribution in [0.5, 0.6) is 0 Å². The van der Waals surface area contributed by atoms with Crippen molar-refractivity contribution in [1.82, 2.24) is 0 Å². The largest absolute Gasteiger partial charge is 0.375 e. The summed E-state index contributed by atoms with van der Waals surface area (Å²) in [6.07, 6.45) is 0.510. The minimum absolute atomic E-state index is 0.143. The van der Waals surface area contributed by atoms with Crippen molar-refractivity contribution in [2.24, 2.45) is 11.8 Å². The zero-order valence-corrected chi connectivity index (χ0v) is 12.9. The Balaban J connectivity index is 2.25. The van der Waals surface area contributed by atoms with Crippen LogP contribution in [-0.2, 0) is 4.74 Å². The number of benzene rings is 1. The van der Waals surface area contributed by atoms with Gasteiger partial charge in [0.15, 0.2) is 0 Å². The summed E-state index contributed by atoms with van der Waals surface area (Å²) in [5, 5.41) is 0. The summed E-state index contributed by atoms with van der Waals surface area (Å²) in [4.78, 5) is 0.215. The summed E-state index contributed by atoms with van der Waals surface area (Å²) < 4.78 is 19.2. The Morgan fingerprint density at radius 2 is 1.89 bits per heavy atom. The summed E-state index contributed by atoms with van der Waals surface area (Å²) >= 11 is 3.78. The first-order chi connectivity index (χ1) is 8.41. The van der Waals surface area contributed by atoms with Crippen LogP contribution in [0, 0.1) is 24.6 Å². The number of rotatable bonds is 2. The molecule has 1 nitrogen and oxygen atoms in total. The molecule has 1 heterocycles. The lowest BCUT2D eigenvalue weighted by atomic mass is 9.84. The first-order valence-corrected chi connectivity index (χ1v) is 7.39. The van der Waals surface area contributed by atoms with Crippen molar-refractivity contribution in [2.45, 2.75) is 44.7 Å². The monoisotopic (exact) mass is 314 g/mol. The third-order valence-corrected chi connectivity index (χ3v) is 5.30. The van der Waals surface area contributed by atoms with Gasteiger partial charge in [0.25, 0.3) is 0 Å². The first-order valence-electron chi connectivity index (χ1n) is 6.47. The average molecular weight is 315 g/mol. The van der Waals surface area contributed by atoms with Crippen molar-refractivity contribution in [2.75, 3.05) is 0 Å². The highest BCUT2D eigenvalue weighted by molar-refractivity contribution is 9.09. The van der Waals surface area contributed by atoms with Crippen LogP contribution in [0.2, 0.25) is 0 Å². The van der Waals surface area contributed by atoms with Crippen LogP contribution in [0.25, 0.3) is 0 Å². The molecule has 0 spiro atoms. The topological polar surface area (TPSA) is 9.23 Å². The smallest absolute Gasteiger partial charge is 0.126 e. The summed E-state index contributed by atoms with van der Waals surface area (Å²) in [5.74, 6) is 0.773. The lowest BCUT2D eigenvalue weighted by molar-refractivity contribution is 0.0511. The van der Waals surface area contributed by atoms with E-state index in [9.17, 15) is 4.39 Å². The fourth-order valence-corrected chi connectivity index (χ4v) is 4.06. The maximum atomic E-state index is 13.3. The second-order valence-corrected chi connectivity index (χ2v) is 6.38. The van der Waals surface area contributed by atoms with Crippen LogP contribution < -0.4 is 0 Å². The summed E-state index contributed by atoms with van der Waals surface area (Å²) in [5.41, 5.74) is 1.83. The Morgan fingerprint density at radius 1 is 1.22 bits per heavy atom. The Kier molecular flexibility index (Phi) is 4.12. The third-order valence-electron chi connectivity index (χ3n) is 4.16. The highest BCUT2D eigenvalue weighted by Gasteiger charge is 2.41. The van der Waals surface area contributed by atoms with Gasteiger partial charge in [-0.25, -0.2) is 4.39 Å². The fourth-order valence-electron chi connectivity index (χ4n) is 2.86. The molecule has 5 unspecified atom stereocenters. The van der Waals surface area contributed by atoms with Gasteiger partial charge in [-0.3, -0.25) is 0 Å². The van der Waals surface area contributed by atoms with Gasteiger partial charge in [-0.15, -0.1) is 0 Å². The highest BCUT2D eigenvalue weighted by Crippen LogP contribution is 2.45. The van der Waals surface area contributed by atoms with E-state index in [4.69, 9.17) is 4.74 Å². The minimum atomic E-state index is -0.143. The van der Waals surface area contributed by atoms with E-state index < -0.39 is 0 Å². The van der Waals surface area contributed by atoms with Gasteiger partial charge in [-0.2, -0.15) is 0 Å². The van der Waals surface area contributed by atoms with Gasteiger partial charge < -0.3 is 4.74 Å². The summed E-state index contributed by atoms with van der Waals surface area (Å²) in [6, 6.07) is 5.34. The number of ether oxygens (including phenoxy) is 1. The van der Waals surface area contributed by atoms with Crippen LogP contribution in [0.4, 0.5) is 4.39 Å². The molecular weight excluding hydrogens is 295 g/mol. The van der Waals surface area contributed by atoms with E-state index in [1.54, 1.807) is 13.0 Å². The molecule has 0 amide bonds. The number of halogens is 2. The minimum Gasteiger partial charge on any atom is -0.375 e. The van der Waals surface area contributed by atoms with Gasteiger partial charge in [-0.05, 0) is 43.9 Å². The number of hydrogen-bond donors (Lipinski definition) is 0. The normalized spacial score (nSPS) is 33.7. The Labute approximate surface area is 117 Å². The second-order valence-electron chi connectivity index (χ2n) is 5.39. The van der Waals surface area contributed by atoms with Gasteiger partial charge in [0.1, 0.15) is 5.82 Å². The van der Waals surface area contributed by atoms with E-state index in [1.807, 2.05) is 12.1 Å². The van der Waals surface area contributed by atoms with Crippen molar-refractivity contribution in [3.05, 3.63) is 35.1 Å². The molecule has 0 aromatic heterocycles. The molecule has 1 aromatic rings. The van der Waals surface area contributed by atoms with Crippen LogP contribution in [0.3, 0.4) is 0 Å². The van der Waals surface area contributed by atoms with Gasteiger partial charge >= 0.3 is 0 Å². The standard InChI is InChI=1S/C15H20BrFO/c1-8-7-12(5-6-13(8)17)15(16)14-9(2)10(3)18-11(14)4/h5-7,9-11,14-15H,1-4H3. The second kappa shape index (κ2) is 5.30. The highest BCUT2D eigenvalue weighted by atomic mass is 79.9. The van der Waals surface area contributed by atoms with E-state index in [1.165, 1.54) is 0 Å². The maximum absolute atomic E-state index is 13.3. The van der Waals surface area contributed by atoms with Gasteiger partial charge in [0, 0.05) is 10.7 Å². The predicted octanol–water partition coefficient (Wildman–Crippen LogP) is 4.63. The lowest BCUT2D eigenvalue weighted by Crippen LogP contribution is -2.22. The molecule has 0 N–H and O–H groups in total. The molecule has 0 saturated carbocycles. The molecule has 1 aliphatic heterocycles. The Hall–Kier alpha value is -0.410. The van der Waals surface area contributed by atoms with Crippen molar-refractivity contribution < 1.29 is 9.13 Å². The number of aryl methyl sites for hydroxylation is 1. The van der Waals surface area contributed by atoms with Crippen LogP contribution >= 0.6 is 15.9 Å². The van der Waals surface area contributed by atoms with Crippen molar-refractivity contribution in [3.63, 3.8) is 0 Å². The molecule has 100 valence electrons. The van der Waals surface area contributed by atoms with Gasteiger partial charge in [0.05, 0.1) is 12.2 Å². The Morgan fingerprint density at radius 3 is 2.39 bits per heavy atom. The van der Waals surface area contributed by atoms with Crippen molar-refractivity contribution in [1.29, 1.82) is 0 Å². The molecule has 1 saturated heterocycles. The number of hydrogen-bond acceptors (Lipinski definition) is 1. The number of alkyl halides is 1. The van der Waals surface area contributed by atoms with E-state index >= 15 is 0 Å². The quantitative estimate of drug-likeness (QED) is 0.723. The molecule has 3 heteroatoms. The van der Waals surface area contributed by atoms with Crippen LogP contribution in [-0.4, -0.2) is 12.2 Å². The molecule has 5 atom stereocenters. The van der Waals surface area contributed by atoms with Crippen molar-refractivity contribution >= 4 is 15.9 Å². The van der Waals surface area contributed by atoms with E-state index in [0.29, 0.717) is 17.4 Å². The predicted molar refractivity (Wildman–Crippen MR) is 75.5 cm³/mol. The molecule has 1 fully saturated rings. The van der Waals surface area contributed by atoms with Crippen LogP contribution in [0.1, 0.15) is 36.7 Å². The average Bonchev–Trinajstić information content (AvgIpc) is 2.56. The molecule has 1 aromatic carbocycles. The van der Waals surface area contributed by atoms with E-state index in [-0.39, 0.29) is 22.9 Å². The molecule has 0 aliphatic carbocycles. The lowest BCUT2D eigenvalue weighted by Gasteiger charge is -2.25. The molecule has 18 heavy (non-hydrogen) atoms. The van der Waals surface area contributed by atoms with Crippen molar-refractivity contribution in [3.8, 4) is 0 Å². The fraction of sp³-hybridized carbons (Fsp3) is 0.600. The zero-order chi connectivity index (χ0) is 13.4. The molecule has 0 radical (unpaired) electrons. The van der Waals surface area contributed by atoms with Gasteiger partial charge in [0.2, 0.25) is 0 Å². The molecule has 0 bridgehead atoms. The third kappa shape index (κ3) is 2.48. The van der Waals surface area contributed by atoms with E-state index in [0.717, 1.165) is 5.56 Å².